The second-order valence-corrected chi connectivity index (χ2v) is 22.3. The molecule has 0 saturated carbocycles. The van der Waals surface area contributed by atoms with Crippen molar-refractivity contribution in [3.63, 3.8) is 0 Å². The van der Waals surface area contributed by atoms with Gasteiger partial charge in [0.1, 0.15) is 42.3 Å². The van der Waals surface area contributed by atoms with Crippen LogP contribution in [0.2, 0.25) is 0 Å². The first-order valence-corrected chi connectivity index (χ1v) is 26.4. The van der Waals surface area contributed by atoms with E-state index in [1.807, 2.05) is 34.7 Å². The number of amides is 7. The summed E-state index contributed by atoms with van der Waals surface area (Å²) in [7, 11) is 3.34. The molecule has 3 rings (SSSR count). The molecular weight excluding hydrogens is 959 g/mol. The fourth-order valence-electron chi connectivity index (χ4n) is 8.79. The van der Waals surface area contributed by atoms with Crippen LogP contribution < -0.4 is 26.6 Å². The quantitative estimate of drug-likeness (QED) is 0.0380. The molecule has 0 aromatic carbocycles. The number of aliphatic hydroxyl groups excluding tert-OH is 3. The summed E-state index contributed by atoms with van der Waals surface area (Å²) in [6.45, 7) is 16.6. The number of imide groups is 1. The van der Waals surface area contributed by atoms with Crippen LogP contribution in [0.5, 0.6) is 0 Å². The van der Waals surface area contributed by atoms with E-state index >= 15 is 0 Å². The number of hydrogen-bond acceptors (Lipinski definition) is 17. The summed E-state index contributed by atoms with van der Waals surface area (Å²) < 4.78 is 24.6. The Hall–Kier alpha value is -3.81. The van der Waals surface area contributed by atoms with Crippen LogP contribution in [0.4, 0.5) is 0 Å². The predicted molar refractivity (Wildman–Crippen MR) is 267 cm³/mol. The molecule has 0 aromatic heterocycles. The van der Waals surface area contributed by atoms with Crippen molar-refractivity contribution in [2.45, 2.75) is 205 Å². The lowest BCUT2D eigenvalue weighted by Crippen LogP contribution is -2.69. The van der Waals surface area contributed by atoms with Crippen molar-refractivity contribution >= 4 is 58.9 Å². The molecule has 3 aliphatic rings. The number of nitrogens with one attached hydrogen (secondary N) is 5. The lowest BCUT2D eigenvalue weighted by Gasteiger charge is -2.51. The van der Waals surface area contributed by atoms with Crippen molar-refractivity contribution in [3.8, 4) is 0 Å². The SMILES string of the molecule is CCC1OC(C(C)(C)C)C(NC(C)=O)C(OC2OC(C(=O)NCCCNC(=O)CCN3C(=O)CC(SCCCCCC(=O)N(C)C(CC(C)=O)C(=O)NCCCNC)C3=O)C(OC(C)(C)C)C(O)C2O)C1O. The number of Topliss-reactive ketones (excluding diaryl/α,β-unsaturated/α-hetero) is 1. The Morgan fingerprint density at radius 3 is 2.10 bits per heavy atom. The number of rotatable bonds is 28. The number of hydrogen-bond donors (Lipinski definition) is 8. The first-order chi connectivity index (χ1) is 33.7. The largest absolute Gasteiger partial charge is 0.388 e. The number of likely N-dealkylation sites (tertiary alicyclic amines) is 1. The van der Waals surface area contributed by atoms with Gasteiger partial charge in [0.25, 0.3) is 5.91 Å². The van der Waals surface area contributed by atoms with E-state index in [1.165, 1.54) is 37.6 Å². The third-order valence-corrected chi connectivity index (χ3v) is 13.9. The maximum absolute atomic E-state index is 13.8. The summed E-state index contributed by atoms with van der Waals surface area (Å²) >= 11 is 1.36. The molecule has 3 fully saturated rings. The van der Waals surface area contributed by atoms with E-state index in [0.717, 1.165) is 11.4 Å². The van der Waals surface area contributed by atoms with Crippen molar-refractivity contribution < 1.29 is 72.6 Å². The highest BCUT2D eigenvalue weighted by molar-refractivity contribution is 8.00. The molecule has 7 amide bonds. The average Bonchev–Trinajstić information content (AvgIpc) is 3.56. The van der Waals surface area contributed by atoms with Crippen LogP contribution in [0, 0.1) is 5.41 Å². The molecular formula is C49H85N7O15S. The highest BCUT2D eigenvalue weighted by Gasteiger charge is 2.55. The maximum atomic E-state index is 13.8. The minimum absolute atomic E-state index is 0.0178. The van der Waals surface area contributed by atoms with E-state index < -0.39 is 101 Å². The molecule has 412 valence electrons. The number of carbonyl (C=O) groups excluding carboxylic acids is 8. The molecule has 12 unspecified atom stereocenters. The highest BCUT2D eigenvalue weighted by Crippen LogP contribution is 2.37. The minimum Gasteiger partial charge on any atom is -0.388 e. The van der Waals surface area contributed by atoms with Crippen LogP contribution in [-0.4, -0.2) is 203 Å². The van der Waals surface area contributed by atoms with Crippen LogP contribution in [0.1, 0.15) is 127 Å². The van der Waals surface area contributed by atoms with Crippen LogP contribution in [0.25, 0.3) is 0 Å². The fourth-order valence-corrected chi connectivity index (χ4v) is 9.98. The summed E-state index contributed by atoms with van der Waals surface area (Å²) in [4.78, 5) is 105. The zero-order valence-electron chi connectivity index (χ0n) is 44.3. The van der Waals surface area contributed by atoms with E-state index in [9.17, 15) is 53.7 Å². The summed E-state index contributed by atoms with van der Waals surface area (Å²) in [5.74, 6) is -2.49. The normalized spacial score (nSPS) is 27.2. The Bertz CT molecular complexity index is 1830. The number of aliphatic hydroxyl groups is 3. The lowest BCUT2D eigenvalue weighted by atomic mass is 9.78. The smallest absolute Gasteiger partial charge is 0.252 e. The molecule has 0 aromatic rings. The van der Waals surface area contributed by atoms with Gasteiger partial charge in [0, 0.05) is 65.8 Å². The Balaban J connectivity index is 1.46. The molecule has 0 aliphatic carbocycles. The van der Waals surface area contributed by atoms with Crippen LogP contribution in [-0.2, 0) is 57.3 Å². The first-order valence-electron chi connectivity index (χ1n) is 25.3. The van der Waals surface area contributed by atoms with E-state index in [-0.39, 0.29) is 81.2 Å². The number of unbranched alkanes of at least 4 members (excludes halogenated alkanes) is 2. The van der Waals surface area contributed by atoms with Gasteiger partial charge in [0.15, 0.2) is 12.4 Å². The molecule has 22 nitrogen and oxygen atoms in total. The van der Waals surface area contributed by atoms with Gasteiger partial charge in [0.2, 0.25) is 35.4 Å². The van der Waals surface area contributed by atoms with Crippen LogP contribution >= 0.6 is 11.8 Å². The molecule has 12 atom stereocenters. The van der Waals surface area contributed by atoms with Gasteiger partial charge in [-0.15, -0.1) is 11.8 Å². The first kappa shape index (κ1) is 62.5. The van der Waals surface area contributed by atoms with Gasteiger partial charge < -0.3 is 65.8 Å². The fraction of sp³-hybridized carbons (Fsp3) is 0.837. The molecule has 0 bridgehead atoms. The maximum Gasteiger partial charge on any atom is 0.252 e. The number of likely N-dealkylation sites (N-methyl/N-ethyl adjacent to an activating group) is 1. The monoisotopic (exact) mass is 1040 g/mol. The van der Waals surface area contributed by atoms with E-state index in [0.29, 0.717) is 44.4 Å². The topological polar surface area (TPSA) is 301 Å². The third-order valence-electron chi connectivity index (χ3n) is 12.6. The Morgan fingerprint density at radius 1 is 0.833 bits per heavy atom. The number of carbonyl (C=O) groups is 8. The van der Waals surface area contributed by atoms with E-state index in [2.05, 4.69) is 26.6 Å². The van der Waals surface area contributed by atoms with Crippen molar-refractivity contribution in [1.29, 1.82) is 0 Å². The molecule has 0 radical (unpaired) electrons. The number of ketones is 1. The minimum atomic E-state index is -1.73. The van der Waals surface area contributed by atoms with E-state index in [4.69, 9.17) is 18.9 Å². The van der Waals surface area contributed by atoms with Crippen molar-refractivity contribution in [2.24, 2.45) is 5.41 Å². The van der Waals surface area contributed by atoms with Crippen LogP contribution in [0.15, 0.2) is 0 Å². The number of ether oxygens (including phenoxy) is 4. The second-order valence-electron chi connectivity index (χ2n) is 21.0. The Morgan fingerprint density at radius 2 is 1.49 bits per heavy atom. The summed E-state index contributed by atoms with van der Waals surface area (Å²) in [5.41, 5.74) is -1.43. The highest BCUT2D eigenvalue weighted by atomic mass is 32.2. The molecule has 72 heavy (non-hydrogen) atoms. The predicted octanol–water partition coefficient (Wildman–Crippen LogP) is 0.0566. The molecule has 3 saturated heterocycles. The van der Waals surface area contributed by atoms with Gasteiger partial charge >= 0.3 is 0 Å². The standard InChI is InChI=1S/C49H85N7O15S/c1-12-31-37(62)40(36(54-29(3)58)43(68-31)48(4,5)6)69-47-39(64)38(63)41(71-49(7,8)9)42(70-47)45(66)53-23-17-21-51-33(59)19-24-56-35(61)27-32(46(56)67)72-25-15-13-14-18-34(60)55(11)30(26-28(2)57)44(65)52-22-16-20-50-10/h30-32,36-43,47,50,62-64H,12-27H2,1-11H3,(H,51,59)(H,52,65)(H,53,66)(H,54,58). The Labute approximate surface area is 429 Å². The summed E-state index contributed by atoms with van der Waals surface area (Å²) in [6.07, 6.45) is -8.43. The van der Waals surface area contributed by atoms with Gasteiger partial charge in [0.05, 0.1) is 29.1 Å². The van der Waals surface area contributed by atoms with Gasteiger partial charge in [-0.3, -0.25) is 43.3 Å². The second kappa shape index (κ2) is 29.3. The average molecular weight is 1040 g/mol. The molecule has 3 heterocycles. The van der Waals surface area contributed by atoms with Gasteiger partial charge in [-0.05, 0) is 84.6 Å². The van der Waals surface area contributed by atoms with Crippen molar-refractivity contribution in [2.75, 3.05) is 52.6 Å². The van der Waals surface area contributed by atoms with Crippen LogP contribution in [0.3, 0.4) is 0 Å². The van der Waals surface area contributed by atoms with Gasteiger partial charge in [-0.25, -0.2) is 0 Å². The summed E-state index contributed by atoms with van der Waals surface area (Å²) in [6, 6.07) is -1.79. The molecule has 8 N–H and O–H groups in total. The van der Waals surface area contributed by atoms with E-state index in [1.54, 1.807) is 20.8 Å². The number of thioether (sulfide) groups is 1. The summed E-state index contributed by atoms with van der Waals surface area (Å²) in [5, 5.41) is 47.6. The molecule has 3 aliphatic heterocycles. The number of nitrogens with zero attached hydrogens (tertiary/aromatic N) is 2. The third kappa shape index (κ3) is 19.2. The zero-order chi connectivity index (χ0) is 54.1. The van der Waals surface area contributed by atoms with Gasteiger partial charge in [-0.1, -0.05) is 34.1 Å². The molecule has 0 spiro atoms. The zero-order valence-corrected chi connectivity index (χ0v) is 45.1. The van der Waals surface area contributed by atoms with Crippen molar-refractivity contribution in [1.82, 2.24) is 36.4 Å². The molecule has 23 heteroatoms. The van der Waals surface area contributed by atoms with Crippen molar-refractivity contribution in [3.05, 3.63) is 0 Å². The van der Waals surface area contributed by atoms with Gasteiger partial charge in [-0.2, -0.15) is 0 Å². The lowest BCUT2D eigenvalue weighted by molar-refractivity contribution is -0.335. The Kier molecular flexibility index (Phi) is 25.4.